The minimum Gasteiger partial charge on any atom is -0.388 e. The Morgan fingerprint density at radius 2 is 2.16 bits per heavy atom. The quantitative estimate of drug-likeness (QED) is 0.404. The van der Waals surface area contributed by atoms with Crippen molar-refractivity contribution in [3.63, 3.8) is 0 Å². The van der Waals surface area contributed by atoms with Crippen LogP contribution in [0.5, 0.6) is 0 Å². The van der Waals surface area contributed by atoms with E-state index in [1.54, 1.807) is 12.6 Å². The number of nitrogens with zero attached hydrogens (tertiary/aromatic N) is 1. The van der Waals surface area contributed by atoms with Crippen LogP contribution >= 0.6 is 0 Å². The second-order valence-corrected chi connectivity index (χ2v) is 5.79. The molecule has 108 valence electrons. The summed E-state index contributed by atoms with van der Waals surface area (Å²) in [4.78, 5) is 4.20. The number of aliphatic imine (C=N–C) groups is 1. The van der Waals surface area contributed by atoms with E-state index in [9.17, 15) is 5.11 Å². The molecule has 0 heterocycles. The molecular formula is C15H27N3O. The Morgan fingerprint density at radius 3 is 2.74 bits per heavy atom. The molecule has 0 spiro atoms. The zero-order valence-electron chi connectivity index (χ0n) is 12.0. The van der Waals surface area contributed by atoms with E-state index in [2.05, 4.69) is 21.7 Å². The highest BCUT2D eigenvalue weighted by atomic mass is 16.3. The largest absolute Gasteiger partial charge is 0.388 e. The lowest BCUT2D eigenvalue weighted by atomic mass is 9.80. The molecule has 0 unspecified atom stereocenters. The van der Waals surface area contributed by atoms with Crippen LogP contribution in [0.25, 0.3) is 0 Å². The van der Waals surface area contributed by atoms with Gasteiger partial charge in [0.15, 0.2) is 5.96 Å². The molecule has 2 aliphatic carbocycles. The summed E-state index contributed by atoms with van der Waals surface area (Å²) in [6, 6.07) is 0. The van der Waals surface area contributed by atoms with Gasteiger partial charge in [-0.05, 0) is 51.4 Å². The minimum atomic E-state index is -0.497. The monoisotopic (exact) mass is 265 g/mol. The van der Waals surface area contributed by atoms with Crippen molar-refractivity contribution in [2.45, 2.75) is 57.0 Å². The summed E-state index contributed by atoms with van der Waals surface area (Å²) < 4.78 is 0. The van der Waals surface area contributed by atoms with Crippen molar-refractivity contribution in [3.05, 3.63) is 11.6 Å². The summed E-state index contributed by atoms with van der Waals surface area (Å²) in [5, 5.41) is 16.6. The molecule has 0 radical (unpaired) electrons. The van der Waals surface area contributed by atoms with Gasteiger partial charge in [-0.3, -0.25) is 4.99 Å². The Kier molecular flexibility index (Phi) is 5.25. The van der Waals surface area contributed by atoms with Crippen LogP contribution in [-0.2, 0) is 0 Å². The zero-order chi connectivity index (χ0) is 13.6. The molecule has 3 N–H and O–H groups in total. The number of allylic oxidation sites excluding steroid dienone is 1. The average Bonchev–Trinajstić information content (AvgIpc) is 2.41. The van der Waals surface area contributed by atoms with Gasteiger partial charge in [0, 0.05) is 20.1 Å². The van der Waals surface area contributed by atoms with E-state index in [-0.39, 0.29) is 0 Å². The average molecular weight is 265 g/mol. The van der Waals surface area contributed by atoms with Crippen molar-refractivity contribution in [2.75, 3.05) is 20.1 Å². The number of aliphatic hydroxyl groups is 1. The third-order valence-electron chi connectivity index (χ3n) is 4.22. The Morgan fingerprint density at radius 1 is 1.32 bits per heavy atom. The molecule has 0 bridgehead atoms. The van der Waals surface area contributed by atoms with E-state index >= 15 is 0 Å². The summed E-state index contributed by atoms with van der Waals surface area (Å²) >= 11 is 0. The first-order valence-electron chi connectivity index (χ1n) is 7.57. The summed E-state index contributed by atoms with van der Waals surface area (Å²) in [7, 11) is 1.78. The van der Waals surface area contributed by atoms with Crippen molar-refractivity contribution in [1.82, 2.24) is 10.6 Å². The highest BCUT2D eigenvalue weighted by Gasteiger charge is 2.34. The van der Waals surface area contributed by atoms with Crippen molar-refractivity contribution < 1.29 is 5.11 Å². The lowest BCUT2D eigenvalue weighted by molar-refractivity contribution is -0.0279. The molecule has 1 fully saturated rings. The van der Waals surface area contributed by atoms with E-state index in [1.807, 2.05) is 0 Å². The van der Waals surface area contributed by atoms with Gasteiger partial charge in [0.1, 0.15) is 0 Å². The maximum atomic E-state index is 10.0. The van der Waals surface area contributed by atoms with E-state index in [1.165, 1.54) is 25.7 Å². The molecule has 4 nitrogen and oxygen atoms in total. The predicted molar refractivity (Wildman–Crippen MR) is 79.3 cm³/mol. The summed E-state index contributed by atoms with van der Waals surface area (Å²) in [6.45, 7) is 1.53. The van der Waals surface area contributed by atoms with Gasteiger partial charge in [-0.25, -0.2) is 0 Å². The predicted octanol–water partition coefficient (Wildman–Crippen LogP) is 1.96. The topological polar surface area (TPSA) is 56.7 Å². The Hall–Kier alpha value is -1.03. The SMILES string of the molecule is CN=C(NCCC1=CCCCC1)NCC1(O)CCC1. The van der Waals surface area contributed by atoms with Gasteiger partial charge in [0.25, 0.3) is 0 Å². The van der Waals surface area contributed by atoms with Crippen LogP contribution in [0.4, 0.5) is 0 Å². The van der Waals surface area contributed by atoms with Gasteiger partial charge in [-0.1, -0.05) is 11.6 Å². The van der Waals surface area contributed by atoms with E-state index in [4.69, 9.17) is 0 Å². The minimum absolute atomic E-state index is 0.497. The lowest BCUT2D eigenvalue weighted by Gasteiger charge is -2.37. The first kappa shape index (κ1) is 14.4. The fourth-order valence-corrected chi connectivity index (χ4v) is 2.70. The Labute approximate surface area is 116 Å². The number of hydrogen-bond acceptors (Lipinski definition) is 2. The molecule has 0 atom stereocenters. The molecule has 19 heavy (non-hydrogen) atoms. The van der Waals surface area contributed by atoms with Crippen LogP contribution in [0.3, 0.4) is 0 Å². The lowest BCUT2D eigenvalue weighted by Crippen LogP contribution is -2.50. The van der Waals surface area contributed by atoms with Crippen LogP contribution in [-0.4, -0.2) is 36.8 Å². The standard InChI is InChI=1S/C15H27N3O/c1-16-14(18-12-15(19)9-5-10-15)17-11-8-13-6-3-2-4-7-13/h6,19H,2-5,7-12H2,1H3,(H2,16,17,18). The Bertz CT molecular complexity index is 345. The van der Waals surface area contributed by atoms with Gasteiger partial charge in [0.05, 0.1) is 5.60 Å². The van der Waals surface area contributed by atoms with Crippen LogP contribution in [0.15, 0.2) is 16.6 Å². The summed E-state index contributed by atoms with van der Waals surface area (Å²) in [6.07, 6.45) is 11.6. The third kappa shape index (κ3) is 4.53. The van der Waals surface area contributed by atoms with Crippen molar-refractivity contribution in [1.29, 1.82) is 0 Å². The molecule has 0 amide bonds. The van der Waals surface area contributed by atoms with E-state index in [0.29, 0.717) is 6.54 Å². The smallest absolute Gasteiger partial charge is 0.191 e. The normalized spacial score (nSPS) is 22.4. The van der Waals surface area contributed by atoms with Gasteiger partial charge in [-0.2, -0.15) is 0 Å². The molecule has 0 aromatic heterocycles. The van der Waals surface area contributed by atoms with Crippen molar-refractivity contribution in [2.24, 2.45) is 4.99 Å². The Balaban J connectivity index is 1.63. The maximum Gasteiger partial charge on any atom is 0.191 e. The zero-order valence-corrected chi connectivity index (χ0v) is 12.0. The first-order valence-corrected chi connectivity index (χ1v) is 7.57. The fourth-order valence-electron chi connectivity index (χ4n) is 2.70. The molecule has 0 aromatic carbocycles. The molecule has 1 saturated carbocycles. The molecule has 2 rings (SSSR count). The fraction of sp³-hybridized carbons (Fsp3) is 0.800. The van der Waals surface area contributed by atoms with Crippen LogP contribution in [0.2, 0.25) is 0 Å². The molecule has 4 heteroatoms. The van der Waals surface area contributed by atoms with E-state index in [0.717, 1.165) is 38.2 Å². The number of nitrogens with one attached hydrogen (secondary N) is 2. The molecule has 0 aliphatic heterocycles. The van der Waals surface area contributed by atoms with E-state index < -0.39 is 5.60 Å². The van der Waals surface area contributed by atoms with Crippen molar-refractivity contribution in [3.8, 4) is 0 Å². The van der Waals surface area contributed by atoms with Gasteiger partial charge >= 0.3 is 0 Å². The number of rotatable bonds is 5. The number of hydrogen-bond donors (Lipinski definition) is 3. The molecule has 2 aliphatic rings. The van der Waals surface area contributed by atoms with Crippen molar-refractivity contribution >= 4 is 5.96 Å². The molecule has 0 aromatic rings. The van der Waals surface area contributed by atoms with Crippen LogP contribution in [0, 0.1) is 0 Å². The first-order chi connectivity index (χ1) is 9.22. The summed E-state index contributed by atoms with van der Waals surface area (Å²) in [5.74, 6) is 0.803. The maximum absolute atomic E-state index is 10.0. The van der Waals surface area contributed by atoms with Gasteiger partial charge in [-0.15, -0.1) is 0 Å². The highest BCUT2D eigenvalue weighted by Crippen LogP contribution is 2.30. The molecular weight excluding hydrogens is 238 g/mol. The summed E-state index contributed by atoms with van der Waals surface area (Å²) in [5.41, 5.74) is 1.08. The number of guanidine groups is 1. The highest BCUT2D eigenvalue weighted by molar-refractivity contribution is 5.79. The second-order valence-electron chi connectivity index (χ2n) is 5.79. The third-order valence-corrected chi connectivity index (χ3v) is 4.22. The molecule has 0 saturated heterocycles. The second kappa shape index (κ2) is 6.94. The van der Waals surface area contributed by atoms with Crippen LogP contribution < -0.4 is 10.6 Å². The van der Waals surface area contributed by atoms with Gasteiger partial charge in [0.2, 0.25) is 0 Å². The van der Waals surface area contributed by atoms with Crippen LogP contribution in [0.1, 0.15) is 51.4 Å². The van der Waals surface area contributed by atoms with Gasteiger partial charge < -0.3 is 15.7 Å².